The van der Waals surface area contributed by atoms with Crippen LogP contribution in [-0.2, 0) is 28.8 Å². The van der Waals surface area contributed by atoms with Gasteiger partial charge in [0, 0.05) is 12.2 Å². The van der Waals surface area contributed by atoms with E-state index in [2.05, 4.69) is 23.3 Å². The number of carboxylic acid groups (broad SMARTS) is 2. The van der Waals surface area contributed by atoms with Gasteiger partial charge in [0.2, 0.25) is 23.6 Å². The van der Waals surface area contributed by atoms with Crippen LogP contribution in [0.15, 0.2) is 0 Å². The number of carbonyl (C=O) groups is 6. The van der Waals surface area contributed by atoms with Crippen LogP contribution in [0.1, 0.15) is 19.3 Å². The fourth-order valence-corrected chi connectivity index (χ4v) is 2.03. The highest BCUT2D eigenvalue weighted by Gasteiger charge is 2.29. The Morgan fingerprint density at radius 1 is 0.893 bits per heavy atom. The SMILES string of the molecule is NC(=O)CCC(NC(=O)C(N)CS)C(=O)NC(CC(=O)O)C(=O)NCC(=O)O. The van der Waals surface area contributed by atoms with Crippen LogP contribution in [0.3, 0.4) is 0 Å². The lowest BCUT2D eigenvalue weighted by Crippen LogP contribution is -2.56. The second-order valence-electron chi connectivity index (χ2n) is 5.63. The van der Waals surface area contributed by atoms with E-state index < -0.39 is 66.7 Å². The van der Waals surface area contributed by atoms with Gasteiger partial charge in [-0.15, -0.1) is 0 Å². The number of primary amides is 1. The summed E-state index contributed by atoms with van der Waals surface area (Å²) in [5.74, 6) is -6.39. The topological polar surface area (TPSA) is 231 Å². The molecule has 0 aromatic carbocycles. The first-order valence-corrected chi connectivity index (χ1v) is 8.57. The van der Waals surface area contributed by atoms with E-state index in [0.29, 0.717) is 0 Å². The van der Waals surface area contributed by atoms with Crippen molar-refractivity contribution < 1.29 is 39.0 Å². The van der Waals surface area contributed by atoms with E-state index in [1.807, 2.05) is 5.32 Å². The number of nitrogens with one attached hydrogen (secondary N) is 3. The molecule has 0 aromatic heterocycles. The van der Waals surface area contributed by atoms with Gasteiger partial charge >= 0.3 is 11.9 Å². The zero-order valence-electron chi connectivity index (χ0n) is 14.7. The number of hydrogen-bond donors (Lipinski definition) is 8. The molecule has 14 heteroatoms. The highest BCUT2D eigenvalue weighted by molar-refractivity contribution is 7.80. The smallest absolute Gasteiger partial charge is 0.322 e. The number of nitrogens with two attached hydrogens (primary N) is 2. The molecule has 0 fully saturated rings. The molecule has 0 saturated carbocycles. The Kier molecular flexibility index (Phi) is 11.2. The van der Waals surface area contributed by atoms with Crippen LogP contribution >= 0.6 is 12.6 Å². The summed E-state index contributed by atoms with van der Waals surface area (Å²) >= 11 is 3.85. The van der Waals surface area contributed by atoms with E-state index >= 15 is 0 Å². The molecular weight excluding hydrogens is 398 g/mol. The summed E-state index contributed by atoms with van der Waals surface area (Å²) in [5, 5.41) is 23.8. The maximum absolute atomic E-state index is 12.4. The number of thiol groups is 1. The van der Waals surface area contributed by atoms with Crippen molar-refractivity contribution in [3.63, 3.8) is 0 Å². The monoisotopic (exact) mass is 421 g/mol. The second kappa shape index (κ2) is 12.5. The number of aliphatic carboxylic acids is 2. The predicted octanol–water partition coefficient (Wildman–Crippen LogP) is -3.85. The van der Waals surface area contributed by atoms with Gasteiger partial charge in [0.15, 0.2) is 0 Å². The van der Waals surface area contributed by atoms with E-state index in [1.54, 1.807) is 0 Å². The Morgan fingerprint density at radius 2 is 1.46 bits per heavy atom. The Bertz CT molecular complexity index is 629. The molecule has 0 spiro atoms. The lowest BCUT2D eigenvalue weighted by molar-refractivity contribution is -0.141. The first kappa shape index (κ1) is 25.1. The molecule has 9 N–H and O–H groups in total. The van der Waals surface area contributed by atoms with Gasteiger partial charge in [-0.2, -0.15) is 12.6 Å². The number of rotatable bonds is 13. The quantitative estimate of drug-likeness (QED) is 0.136. The van der Waals surface area contributed by atoms with Crippen molar-refractivity contribution in [1.29, 1.82) is 0 Å². The second-order valence-corrected chi connectivity index (χ2v) is 5.99. The van der Waals surface area contributed by atoms with E-state index in [1.165, 1.54) is 0 Å². The zero-order valence-corrected chi connectivity index (χ0v) is 15.6. The van der Waals surface area contributed by atoms with Gasteiger partial charge in [-0.25, -0.2) is 0 Å². The lowest BCUT2D eigenvalue weighted by atomic mass is 10.1. The molecule has 0 aliphatic rings. The molecule has 4 amide bonds. The molecule has 3 unspecified atom stereocenters. The maximum atomic E-state index is 12.4. The van der Waals surface area contributed by atoms with Crippen LogP contribution in [0.5, 0.6) is 0 Å². The minimum absolute atomic E-state index is 0.0325. The molecule has 0 aliphatic carbocycles. The molecule has 0 aliphatic heterocycles. The number of hydrogen-bond acceptors (Lipinski definition) is 8. The fraction of sp³-hybridized carbons (Fsp3) is 0.571. The molecule has 0 rings (SSSR count). The first-order valence-electron chi connectivity index (χ1n) is 7.94. The molecule has 3 atom stereocenters. The van der Waals surface area contributed by atoms with Crippen LogP contribution in [0.25, 0.3) is 0 Å². The van der Waals surface area contributed by atoms with Crippen LogP contribution in [-0.4, -0.2) is 76.2 Å². The summed E-state index contributed by atoms with van der Waals surface area (Å²) in [4.78, 5) is 68.6. The first-order chi connectivity index (χ1) is 13.0. The van der Waals surface area contributed by atoms with Crippen molar-refractivity contribution >= 4 is 48.2 Å². The number of carboxylic acids is 2. The predicted molar refractivity (Wildman–Crippen MR) is 97.0 cm³/mol. The average Bonchev–Trinajstić information content (AvgIpc) is 2.60. The molecule has 0 radical (unpaired) electrons. The van der Waals surface area contributed by atoms with Crippen molar-refractivity contribution in [2.24, 2.45) is 11.5 Å². The van der Waals surface area contributed by atoms with Gasteiger partial charge in [-0.3, -0.25) is 28.8 Å². The highest BCUT2D eigenvalue weighted by atomic mass is 32.1. The third kappa shape index (κ3) is 10.3. The third-order valence-corrected chi connectivity index (χ3v) is 3.66. The van der Waals surface area contributed by atoms with Crippen LogP contribution in [0.2, 0.25) is 0 Å². The fourth-order valence-electron chi connectivity index (χ4n) is 1.86. The summed E-state index contributed by atoms with van der Waals surface area (Å²) in [7, 11) is 0. The van der Waals surface area contributed by atoms with Gasteiger partial charge in [0.25, 0.3) is 0 Å². The van der Waals surface area contributed by atoms with Crippen molar-refractivity contribution in [3.8, 4) is 0 Å². The summed E-state index contributed by atoms with van der Waals surface area (Å²) in [5.41, 5.74) is 10.5. The maximum Gasteiger partial charge on any atom is 0.322 e. The molecule has 13 nitrogen and oxygen atoms in total. The lowest BCUT2D eigenvalue weighted by Gasteiger charge is -2.23. The van der Waals surface area contributed by atoms with Crippen molar-refractivity contribution in [2.45, 2.75) is 37.4 Å². The van der Waals surface area contributed by atoms with E-state index in [4.69, 9.17) is 21.7 Å². The van der Waals surface area contributed by atoms with Crippen LogP contribution < -0.4 is 27.4 Å². The number of carbonyl (C=O) groups excluding carboxylic acids is 4. The Hall–Kier alpha value is -2.87. The molecule has 0 heterocycles. The van der Waals surface area contributed by atoms with E-state index in [9.17, 15) is 28.8 Å². The Morgan fingerprint density at radius 3 is 1.93 bits per heavy atom. The molecular formula is C14H23N5O8S. The van der Waals surface area contributed by atoms with Gasteiger partial charge in [-0.05, 0) is 6.42 Å². The van der Waals surface area contributed by atoms with Crippen LogP contribution in [0, 0.1) is 0 Å². The average molecular weight is 421 g/mol. The van der Waals surface area contributed by atoms with Crippen molar-refractivity contribution in [1.82, 2.24) is 16.0 Å². The van der Waals surface area contributed by atoms with Gasteiger partial charge in [-0.1, -0.05) is 0 Å². The van der Waals surface area contributed by atoms with E-state index in [0.717, 1.165) is 0 Å². The number of amides is 4. The summed E-state index contributed by atoms with van der Waals surface area (Å²) in [6.45, 7) is -0.788. The normalized spacial score (nSPS) is 13.5. The summed E-state index contributed by atoms with van der Waals surface area (Å²) < 4.78 is 0. The Balaban J connectivity index is 5.26. The molecule has 0 aromatic rings. The summed E-state index contributed by atoms with van der Waals surface area (Å²) in [6, 6.07) is -4.01. The highest BCUT2D eigenvalue weighted by Crippen LogP contribution is 2.02. The van der Waals surface area contributed by atoms with Crippen LogP contribution in [0.4, 0.5) is 0 Å². The third-order valence-electron chi connectivity index (χ3n) is 3.27. The standard InChI is InChI=1S/C14H23N5O8S/c15-6(5-28)12(25)18-7(1-2-9(16)20)14(27)19-8(3-10(21)22)13(26)17-4-11(23)24/h6-8,28H,1-5,15H2,(H2,16,20)(H,17,26)(H,18,25)(H,19,27)(H,21,22)(H,23,24). The van der Waals surface area contributed by atoms with Gasteiger partial charge < -0.3 is 37.6 Å². The Labute approximate surface area is 165 Å². The zero-order chi connectivity index (χ0) is 21.9. The molecule has 158 valence electrons. The van der Waals surface area contributed by atoms with E-state index in [-0.39, 0.29) is 18.6 Å². The van der Waals surface area contributed by atoms with Gasteiger partial charge in [0.1, 0.15) is 18.6 Å². The molecule has 28 heavy (non-hydrogen) atoms. The van der Waals surface area contributed by atoms with Crippen molar-refractivity contribution in [2.75, 3.05) is 12.3 Å². The summed E-state index contributed by atoms with van der Waals surface area (Å²) in [6.07, 6.45) is -1.37. The van der Waals surface area contributed by atoms with Crippen molar-refractivity contribution in [3.05, 3.63) is 0 Å². The van der Waals surface area contributed by atoms with Gasteiger partial charge in [0.05, 0.1) is 12.5 Å². The molecule has 0 saturated heterocycles. The molecule has 0 bridgehead atoms. The minimum Gasteiger partial charge on any atom is -0.481 e. The minimum atomic E-state index is -1.61. The largest absolute Gasteiger partial charge is 0.481 e.